The molecule has 36 heavy (non-hydrogen) atoms. The van der Waals surface area contributed by atoms with Gasteiger partial charge in [-0.25, -0.2) is 0 Å². The van der Waals surface area contributed by atoms with Gasteiger partial charge in [0.15, 0.2) is 0 Å². The molecule has 4 rings (SSSR count). The van der Waals surface area contributed by atoms with Gasteiger partial charge in [0.25, 0.3) is 11.7 Å². The van der Waals surface area contributed by atoms with E-state index >= 15 is 0 Å². The molecule has 1 fully saturated rings. The number of carbonyl (C=O) groups is 2. The first kappa shape index (κ1) is 25.0. The molecule has 7 nitrogen and oxygen atoms in total. The normalized spacial score (nSPS) is 17.4. The first-order valence-corrected chi connectivity index (χ1v) is 11.7. The Morgan fingerprint density at radius 1 is 1.03 bits per heavy atom. The SMILES string of the molecule is COc1cccc(CN2C(=O)C(=O)/C(=C(\O)c3ccc(OC)c(C(C)(C)C)c3)C2c2cccnc2)c1. The van der Waals surface area contributed by atoms with Crippen LogP contribution in [0.4, 0.5) is 0 Å². The Balaban J connectivity index is 1.87. The lowest BCUT2D eigenvalue weighted by atomic mass is 9.84. The van der Waals surface area contributed by atoms with Crippen LogP contribution in [0.15, 0.2) is 72.6 Å². The first-order chi connectivity index (χ1) is 17.2. The maximum absolute atomic E-state index is 13.4. The zero-order valence-corrected chi connectivity index (χ0v) is 21.1. The fourth-order valence-corrected chi connectivity index (χ4v) is 4.49. The molecule has 1 atom stereocenters. The molecule has 1 aliphatic heterocycles. The number of amides is 1. The van der Waals surface area contributed by atoms with Crippen LogP contribution in [0.25, 0.3) is 5.76 Å². The van der Waals surface area contributed by atoms with Crippen molar-refractivity contribution in [2.75, 3.05) is 14.2 Å². The Kier molecular flexibility index (Phi) is 6.84. The summed E-state index contributed by atoms with van der Waals surface area (Å²) in [4.78, 5) is 32.3. The Morgan fingerprint density at radius 3 is 2.44 bits per heavy atom. The van der Waals surface area contributed by atoms with E-state index in [1.54, 1.807) is 50.9 Å². The average Bonchev–Trinajstić information content (AvgIpc) is 3.13. The number of aliphatic hydroxyl groups is 1. The number of rotatable bonds is 6. The van der Waals surface area contributed by atoms with Gasteiger partial charge in [0.2, 0.25) is 0 Å². The van der Waals surface area contributed by atoms with Crippen molar-refractivity contribution in [1.29, 1.82) is 0 Å². The van der Waals surface area contributed by atoms with E-state index in [0.717, 1.165) is 11.1 Å². The van der Waals surface area contributed by atoms with Crippen LogP contribution in [-0.2, 0) is 21.5 Å². The van der Waals surface area contributed by atoms with Gasteiger partial charge in [0.1, 0.15) is 17.3 Å². The largest absolute Gasteiger partial charge is 0.507 e. The van der Waals surface area contributed by atoms with Gasteiger partial charge in [-0.2, -0.15) is 0 Å². The molecule has 0 radical (unpaired) electrons. The summed E-state index contributed by atoms with van der Waals surface area (Å²) in [5.74, 6) is -0.324. The van der Waals surface area contributed by atoms with Gasteiger partial charge in [0.05, 0.1) is 25.8 Å². The molecule has 0 bridgehead atoms. The second-order valence-corrected chi connectivity index (χ2v) is 9.73. The molecule has 1 aromatic heterocycles. The third-order valence-electron chi connectivity index (χ3n) is 6.31. The number of likely N-dealkylation sites (tertiary alicyclic amines) is 1. The van der Waals surface area contributed by atoms with Gasteiger partial charge in [-0.05, 0) is 52.9 Å². The smallest absolute Gasteiger partial charge is 0.295 e. The highest BCUT2D eigenvalue weighted by atomic mass is 16.5. The fraction of sp³-hybridized carbons (Fsp3) is 0.276. The number of methoxy groups -OCH3 is 2. The quantitative estimate of drug-likeness (QED) is 0.299. The third kappa shape index (κ3) is 4.69. The van der Waals surface area contributed by atoms with Crippen molar-refractivity contribution in [3.8, 4) is 11.5 Å². The van der Waals surface area contributed by atoms with Crippen LogP contribution in [0.1, 0.15) is 49.1 Å². The highest BCUT2D eigenvalue weighted by Gasteiger charge is 2.46. The van der Waals surface area contributed by atoms with Gasteiger partial charge < -0.3 is 19.5 Å². The summed E-state index contributed by atoms with van der Waals surface area (Å²) in [5.41, 5.74) is 2.49. The molecule has 7 heteroatoms. The fourth-order valence-electron chi connectivity index (χ4n) is 4.49. The van der Waals surface area contributed by atoms with Crippen molar-refractivity contribution in [3.63, 3.8) is 0 Å². The highest BCUT2D eigenvalue weighted by molar-refractivity contribution is 6.46. The van der Waals surface area contributed by atoms with E-state index in [1.165, 1.54) is 4.90 Å². The number of benzene rings is 2. The molecule has 2 heterocycles. The number of pyridine rings is 1. The molecule has 0 spiro atoms. The molecule has 1 saturated heterocycles. The minimum atomic E-state index is -0.801. The number of carbonyl (C=O) groups excluding carboxylic acids is 2. The number of Topliss-reactive ketones (excluding diaryl/α,β-unsaturated/α-hetero) is 1. The van der Waals surface area contributed by atoms with Crippen LogP contribution in [-0.4, -0.2) is 40.9 Å². The molecular weight excluding hydrogens is 456 g/mol. The van der Waals surface area contributed by atoms with Crippen molar-refractivity contribution in [2.45, 2.75) is 38.8 Å². The van der Waals surface area contributed by atoms with Gasteiger partial charge in [-0.3, -0.25) is 14.6 Å². The van der Waals surface area contributed by atoms with E-state index in [4.69, 9.17) is 9.47 Å². The second kappa shape index (κ2) is 9.85. The van der Waals surface area contributed by atoms with Crippen molar-refractivity contribution < 1.29 is 24.2 Å². The number of ketones is 1. The summed E-state index contributed by atoms with van der Waals surface area (Å²) in [5, 5.41) is 11.5. The van der Waals surface area contributed by atoms with Crippen LogP contribution < -0.4 is 9.47 Å². The molecule has 1 amide bonds. The van der Waals surface area contributed by atoms with E-state index in [1.807, 2.05) is 51.1 Å². The minimum absolute atomic E-state index is 0.0286. The monoisotopic (exact) mass is 486 g/mol. The molecule has 186 valence electrons. The molecule has 3 aromatic rings. The van der Waals surface area contributed by atoms with Gasteiger partial charge in [0, 0.05) is 30.1 Å². The van der Waals surface area contributed by atoms with Crippen molar-refractivity contribution >= 4 is 17.4 Å². The standard InChI is InChI=1S/C29H30N2O5/c1-29(2,3)22-15-19(11-12-23(22)36-5)26(32)24-25(20-9-7-13-30-16-20)31(28(34)27(24)33)17-18-8-6-10-21(14-18)35-4/h6-16,25,32H,17H2,1-5H3/b26-24-. The van der Waals surface area contributed by atoms with Crippen LogP contribution in [0.2, 0.25) is 0 Å². The number of hydrogen-bond donors (Lipinski definition) is 1. The van der Waals surface area contributed by atoms with Gasteiger partial charge >= 0.3 is 0 Å². The van der Waals surface area contributed by atoms with Crippen LogP contribution >= 0.6 is 0 Å². The lowest BCUT2D eigenvalue weighted by Gasteiger charge is -2.26. The Hall–Kier alpha value is -4.13. The van der Waals surface area contributed by atoms with Crippen molar-refractivity contribution in [2.24, 2.45) is 0 Å². The maximum Gasteiger partial charge on any atom is 0.295 e. The molecule has 0 saturated carbocycles. The zero-order chi connectivity index (χ0) is 26.0. The van der Waals surface area contributed by atoms with Gasteiger partial charge in [-0.1, -0.05) is 39.0 Å². The number of hydrogen-bond acceptors (Lipinski definition) is 6. The first-order valence-electron chi connectivity index (χ1n) is 11.7. The van der Waals surface area contributed by atoms with Crippen molar-refractivity contribution in [3.05, 3.63) is 94.8 Å². The average molecular weight is 487 g/mol. The highest BCUT2D eigenvalue weighted by Crippen LogP contribution is 2.41. The summed E-state index contributed by atoms with van der Waals surface area (Å²) in [6, 6.07) is 15.3. The molecule has 1 aliphatic rings. The number of aromatic nitrogens is 1. The van der Waals surface area contributed by atoms with E-state index in [2.05, 4.69) is 4.98 Å². The zero-order valence-electron chi connectivity index (χ0n) is 21.1. The summed E-state index contributed by atoms with van der Waals surface area (Å²) >= 11 is 0. The van der Waals surface area contributed by atoms with Crippen molar-refractivity contribution in [1.82, 2.24) is 9.88 Å². The lowest BCUT2D eigenvalue weighted by Crippen LogP contribution is -2.29. The number of ether oxygens (including phenoxy) is 2. The van der Waals surface area contributed by atoms with Crippen LogP contribution in [0, 0.1) is 0 Å². The minimum Gasteiger partial charge on any atom is -0.507 e. The Bertz CT molecular complexity index is 1320. The molecule has 1 unspecified atom stereocenters. The van der Waals surface area contributed by atoms with E-state index in [0.29, 0.717) is 22.6 Å². The van der Waals surface area contributed by atoms with E-state index in [-0.39, 0.29) is 23.3 Å². The molecule has 1 N–H and O–H groups in total. The maximum atomic E-state index is 13.4. The Labute approximate surface area is 211 Å². The van der Waals surface area contributed by atoms with Crippen LogP contribution in [0.3, 0.4) is 0 Å². The van der Waals surface area contributed by atoms with E-state index < -0.39 is 17.7 Å². The third-order valence-corrected chi connectivity index (χ3v) is 6.31. The number of nitrogens with zero attached hydrogens (tertiary/aromatic N) is 2. The summed E-state index contributed by atoms with van der Waals surface area (Å²) in [7, 11) is 3.16. The van der Waals surface area contributed by atoms with Gasteiger partial charge in [-0.15, -0.1) is 0 Å². The topological polar surface area (TPSA) is 89.0 Å². The Morgan fingerprint density at radius 2 is 1.81 bits per heavy atom. The molecule has 0 aliphatic carbocycles. The molecule has 2 aromatic carbocycles. The predicted molar refractivity (Wildman–Crippen MR) is 137 cm³/mol. The van der Waals surface area contributed by atoms with Crippen LogP contribution in [0.5, 0.6) is 11.5 Å². The predicted octanol–water partition coefficient (Wildman–Crippen LogP) is 5.02. The summed E-state index contributed by atoms with van der Waals surface area (Å²) < 4.78 is 10.8. The second-order valence-electron chi connectivity index (χ2n) is 9.73. The molecular formula is C29H30N2O5. The summed E-state index contributed by atoms with van der Waals surface area (Å²) in [6.07, 6.45) is 3.23. The van der Waals surface area contributed by atoms with E-state index in [9.17, 15) is 14.7 Å². The number of aliphatic hydroxyl groups excluding tert-OH is 1. The summed E-state index contributed by atoms with van der Waals surface area (Å²) in [6.45, 7) is 6.28. The lowest BCUT2D eigenvalue weighted by molar-refractivity contribution is -0.140.